The van der Waals surface area contributed by atoms with Gasteiger partial charge in [-0.05, 0) is 45.9 Å². The SMILES string of the molecule is Cc1oc2c(c1CC(=O)N=c1scc(-c3ccc(OC(F)(F)F)c(Cl)c3)n1COC(=O)C(C)(C)C)c(=O)n(C)n2C. The Morgan fingerprint density at radius 2 is 1.83 bits per heavy atom. The highest BCUT2D eigenvalue weighted by molar-refractivity contribution is 7.07. The lowest BCUT2D eigenvalue weighted by Crippen LogP contribution is -2.27. The van der Waals surface area contributed by atoms with Gasteiger partial charge in [-0.1, -0.05) is 11.6 Å². The number of hydrogen-bond acceptors (Lipinski definition) is 7. The lowest BCUT2D eigenvalue weighted by molar-refractivity contribution is -0.274. The molecule has 0 aliphatic rings. The number of ether oxygens (including phenoxy) is 2. The van der Waals surface area contributed by atoms with Gasteiger partial charge in [-0.2, -0.15) is 4.99 Å². The fourth-order valence-corrected chi connectivity index (χ4v) is 5.07. The molecule has 4 rings (SSSR count). The molecule has 3 aromatic heterocycles. The van der Waals surface area contributed by atoms with Gasteiger partial charge >= 0.3 is 12.3 Å². The Balaban J connectivity index is 1.74. The highest BCUT2D eigenvalue weighted by Crippen LogP contribution is 2.34. The molecule has 0 fully saturated rings. The zero-order valence-electron chi connectivity index (χ0n) is 22.9. The smallest absolute Gasteiger partial charge is 0.443 e. The van der Waals surface area contributed by atoms with Crippen LogP contribution in [0, 0.1) is 12.3 Å². The monoisotopic (exact) mass is 614 g/mol. The van der Waals surface area contributed by atoms with E-state index in [1.54, 1.807) is 47.2 Å². The summed E-state index contributed by atoms with van der Waals surface area (Å²) in [6.07, 6.45) is -5.16. The number of carbonyl (C=O) groups excluding carboxylic acids is 2. The van der Waals surface area contributed by atoms with E-state index in [9.17, 15) is 27.6 Å². The summed E-state index contributed by atoms with van der Waals surface area (Å²) >= 11 is 7.10. The number of aryl methyl sites for hydroxylation is 2. The number of benzene rings is 1. The minimum absolute atomic E-state index is 0.150. The number of amides is 1. The Hall–Kier alpha value is -3.78. The van der Waals surface area contributed by atoms with Crippen LogP contribution < -0.4 is 15.1 Å². The number of thiazole rings is 1. The van der Waals surface area contributed by atoms with Crippen molar-refractivity contribution in [1.29, 1.82) is 0 Å². The van der Waals surface area contributed by atoms with E-state index in [4.69, 9.17) is 20.8 Å². The Morgan fingerprint density at radius 3 is 2.44 bits per heavy atom. The second kappa shape index (κ2) is 10.9. The molecular formula is C26H26ClF3N4O6S. The summed E-state index contributed by atoms with van der Waals surface area (Å²) in [5.74, 6) is -1.31. The summed E-state index contributed by atoms with van der Waals surface area (Å²) in [7, 11) is 3.23. The number of halogens is 4. The third kappa shape index (κ3) is 6.27. The number of esters is 1. The first-order chi connectivity index (χ1) is 19.0. The third-order valence-corrected chi connectivity index (χ3v) is 7.34. The average Bonchev–Trinajstić information content (AvgIpc) is 3.47. The predicted molar refractivity (Wildman–Crippen MR) is 144 cm³/mol. The molecule has 0 N–H and O–H groups in total. The second-order valence-electron chi connectivity index (χ2n) is 10.2. The van der Waals surface area contributed by atoms with Gasteiger partial charge in [0.25, 0.3) is 11.5 Å². The number of aromatic nitrogens is 3. The number of furan rings is 1. The van der Waals surface area contributed by atoms with Crippen molar-refractivity contribution < 1.29 is 36.7 Å². The van der Waals surface area contributed by atoms with Crippen molar-refractivity contribution >= 4 is 45.9 Å². The molecule has 0 radical (unpaired) electrons. The van der Waals surface area contributed by atoms with Gasteiger partial charge in [0.05, 0.1) is 22.6 Å². The van der Waals surface area contributed by atoms with Crippen LogP contribution in [-0.2, 0) is 41.6 Å². The van der Waals surface area contributed by atoms with E-state index < -0.39 is 29.4 Å². The number of fused-ring (bicyclic) bond motifs is 1. The summed E-state index contributed by atoms with van der Waals surface area (Å²) in [5.41, 5.74) is 0.332. The fraction of sp³-hybridized carbons (Fsp3) is 0.385. The number of hydrogen-bond donors (Lipinski definition) is 0. The van der Waals surface area contributed by atoms with E-state index >= 15 is 0 Å². The molecule has 0 saturated carbocycles. The maximum Gasteiger partial charge on any atom is 0.573 e. The largest absolute Gasteiger partial charge is 0.573 e. The topological polar surface area (TPSA) is 110 Å². The summed E-state index contributed by atoms with van der Waals surface area (Å²) in [6, 6.07) is 3.66. The zero-order chi connectivity index (χ0) is 30.4. The Morgan fingerprint density at radius 1 is 1.15 bits per heavy atom. The standard InChI is InChI=1S/C26H26ClF3N4O6S/c1-13-15(20-21(36)32(5)33(6)22(20)39-13)10-19(35)31-24-34(12-38-23(37)25(2,3)4)17(11-41-24)14-7-8-18(16(27)9-14)40-26(28,29)30/h7-9,11H,10,12H2,1-6H3. The van der Waals surface area contributed by atoms with E-state index in [0.717, 1.165) is 17.4 Å². The summed E-state index contributed by atoms with van der Waals surface area (Å²) in [4.78, 5) is 42.7. The van der Waals surface area contributed by atoms with Crippen molar-refractivity contribution in [3.05, 3.63) is 55.1 Å². The first-order valence-corrected chi connectivity index (χ1v) is 13.4. The molecule has 1 amide bonds. The van der Waals surface area contributed by atoms with Gasteiger partial charge in [0, 0.05) is 30.6 Å². The van der Waals surface area contributed by atoms with Crippen molar-refractivity contribution in [3.63, 3.8) is 0 Å². The lowest BCUT2D eigenvalue weighted by atomic mass is 9.98. The van der Waals surface area contributed by atoms with Gasteiger partial charge in [-0.3, -0.25) is 28.3 Å². The molecule has 0 saturated heterocycles. The minimum Gasteiger partial charge on any atom is -0.443 e. The molecule has 0 unspecified atom stereocenters. The first-order valence-electron chi connectivity index (χ1n) is 12.1. The average molecular weight is 615 g/mol. The van der Waals surface area contributed by atoms with Crippen LogP contribution in [0.15, 0.2) is 37.8 Å². The highest BCUT2D eigenvalue weighted by atomic mass is 35.5. The van der Waals surface area contributed by atoms with Crippen molar-refractivity contribution in [2.75, 3.05) is 0 Å². The number of nitrogens with zero attached hydrogens (tertiary/aromatic N) is 4. The van der Waals surface area contributed by atoms with Gasteiger partial charge in [0.2, 0.25) is 5.71 Å². The van der Waals surface area contributed by atoms with Gasteiger partial charge in [-0.15, -0.1) is 24.5 Å². The van der Waals surface area contributed by atoms with E-state index in [0.29, 0.717) is 28.3 Å². The first kappa shape index (κ1) is 30.2. The van der Waals surface area contributed by atoms with Crippen LogP contribution in [-0.4, -0.2) is 32.2 Å². The molecule has 15 heteroatoms. The quantitative estimate of drug-likeness (QED) is 0.280. The van der Waals surface area contributed by atoms with Crippen LogP contribution in [0.4, 0.5) is 13.2 Å². The number of alkyl halides is 3. The molecule has 0 bridgehead atoms. The molecule has 10 nitrogen and oxygen atoms in total. The predicted octanol–water partition coefficient (Wildman–Crippen LogP) is 5.08. The van der Waals surface area contributed by atoms with Crippen molar-refractivity contribution in [3.8, 4) is 17.0 Å². The van der Waals surface area contributed by atoms with Crippen molar-refractivity contribution in [2.45, 2.75) is 47.2 Å². The normalized spacial score (nSPS) is 12.8. The fourth-order valence-electron chi connectivity index (χ4n) is 3.94. The van der Waals surface area contributed by atoms with Gasteiger partial charge < -0.3 is 13.9 Å². The molecule has 3 heterocycles. The Labute approximate surface area is 240 Å². The minimum atomic E-state index is -4.93. The molecule has 220 valence electrons. The zero-order valence-corrected chi connectivity index (χ0v) is 24.5. The molecule has 0 atom stereocenters. The molecule has 0 spiro atoms. The maximum atomic E-state index is 13.1. The van der Waals surface area contributed by atoms with Crippen LogP contribution in [0.5, 0.6) is 5.75 Å². The molecule has 41 heavy (non-hydrogen) atoms. The van der Waals surface area contributed by atoms with Gasteiger partial charge in [-0.25, -0.2) is 0 Å². The second-order valence-corrected chi connectivity index (χ2v) is 11.4. The maximum absolute atomic E-state index is 13.1. The number of rotatable bonds is 6. The summed E-state index contributed by atoms with van der Waals surface area (Å²) < 4.78 is 57.5. The van der Waals surface area contributed by atoms with Gasteiger partial charge in [0.1, 0.15) is 16.9 Å². The number of carbonyl (C=O) groups is 2. The summed E-state index contributed by atoms with van der Waals surface area (Å²) in [5, 5.41) is 1.58. The summed E-state index contributed by atoms with van der Waals surface area (Å²) in [6.45, 7) is 6.32. The van der Waals surface area contributed by atoms with Crippen molar-refractivity contribution in [1.82, 2.24) is 13.9 Å². The molecule has 0 aliphatic heterocycles. The molecule has 0 aliphatic carbocycles. The highest BCUT2D eigenvalue weighted by Gasteiger charge is 2.32. The van der Waals surface area contributed by atoms with Crippen LogP contribution in [0.3, 0.4) is 0 Å². The third-order valence-electron chi connectivity index (χ3n) is 6.18. The van der Waals surface area contributed by atoms with Crippen LogP contribution in [0.2, 0.25) is 5.02 Å². The van der Waals surface area contributed by atoms with Crippen molar-refractivity contribution in [2.24, 2.45) is 24.5 Å². The Kier molecular flexibility index (Phi) is 8.02. The lowest BCUT2D eigenvalue weighted by Gasteiger charge is -2.18. The van der Waals surface area contributed by atoms with Gasteiger partial charge in [0.15, 0.2) is 11.5 Å². The van der Waals surface area contributed by atoms with Crippen LogP contribution in [0.25, 0.3) is 22.4 Å². The van der Waals surface area contributed by atoms with E-state index in [2.05, 4.69) is 9.73 Å². The van der Waals surface area contributed by atoms with Crippen LogP contribution in [0.1, 0.15) is 32.1 Å². The van der Waals surface area contributed by atoms with Crippen LogP contribution >= 0.6 is 22.9 Å². The van der Waals surface area contributed by atoms with E-state index in [-0.39, 0.29) is 33.9 Å². The molecular weight excluding hydrogens is 589 g/mol. The van der Waals surface area contributed by atoms with E-state index in [1.165, 1.54) is 26.1 Å². The Bertz CT molecular complexity index is 1790. The molecule has 4 aromatic rings. The van der Waals surface area contributed by atoms with E-state index in [1.807, 2.05) is 0 Å². The molecule has 1 aromatic carbocycles.